The average molecular weight is 598 g/mol. The second-order valence-corrected chi connectivity index (χ2v) is 9.68. The van der Waals surface area contributed by atoms with Crippen molar-refractivity contribution < 1.29 is 27.2 Å². The molecular weight excluding hydrogens is 581 g/mol. The summed E-state index contributed by atoms with van der Waals surface area (Å²) < 4.78 is 54.8. The van der Waals surface area contributed by atoms with Crippen molar-refractivity contribution in [3.05, 3.63) is 99.5 Å². The molecule has 0 radical (unpaired) electrons. The number of carbonyl (C=O) groups is 2. The Kier molecular flexibility index (Phi) is 8.78. The fourth-order valence-electron chi connectivity index (χ4n) is 3.44. The minimum absolute atomic E-state index is 0.117. The highest BCUT2D eigenvalue weighted by Gasteiger charge is 2.33. The molecule has 2 N–H and O–H groups in total. The Balaban J connectivity index is 1.52. The molecule has 14 heteroatoms. The molecule has 1 heterocycles. The standard InChI is InChI=1S/C25H17Cl2F4N5O2S/c26-14-5-10-17(19(27)11-14)23(38)32-12-21-34-35-24(36(21)16-8-6-15(28)7-9-16)39-13-22(37)33-20-4-2-1-3-18(20)25(29,30)31/h1-11H,12-13H2,(H,32,38)(H,33,37). The second kappa shape index (κ2) is 12.1. The van der Waals surface area contributed by atoms with Gasteiger partial charge in [-0.25, -0.2) is 4.39 Å². The summed E-state index contributed by atoms with van der Waals surface area (Å²) in [6.45, 7) is -0.117. The van der Waals surface area contributed by atoms with E-state index in [2.05, 4.69) is 20.8 Å². The monoisotopic (exact) mass is 597 g/mol. The third kappa shape index (κ3) is 7.08. The van der Waals surface area contributed by atoms with Crippen LogP contribution in [0.5, 0.6) is 0 Å². The number of nitrogens with zero attached hydrogens (tertiary/aromatic N) is 3. The molecule has 39 heavy (non-hydrogen) atoms. The molecule has 0 spiro atoms. The van der Waals surface area contributed by atoms with E-state index in [1.54, 1.807) is 0 Å². The van der Waals surface area contributed by atoms with Gasteiger partial charge >= 0.3 is 6.18 Å². The van der Waals surface area contributed by atoms with Gasteiger partial charge in [-0.3, -0.25) is 14.2 Å². The zero-order chi connectivity index (χ0) is 28.2. The van der Waals surface area contributed by atoms with E-state index in [1.807, 2.05) is 0 Å². The molecule has 0 fully saturated rings. The van der Waals surface area contributed by atoms with Crippen molar-refractivity contribution in [2.45, 2.75) is 17.9 Å². The summed E-state index contributed by atoms with van der Waals surface area (Å²) in [6, 6.07) is 14.3. The summed E-state index contributed by atoms with van der Waals surface area (Å²) in [7, 11) is 0. The fraction of sp³-hybridized carbons (Fsp3) is 0.120. The number of hydrogen-bond donors (Lipinski definition) is 2. The summed E-state index contributed by atoms with van der Waals surface area (Å²) >= 11 is 12.9. The predicted octanol–water partition coefficient (Wildman–Crippen LogP) is 6.39. The van der Waals surface area contributed by atoms with Crippen LogP contribution < -0.4 is 10.6 Å². The molecule has 0 saturated heterocycles. The van der Waals surface area contributed by atoms with E-state index in [0.29, 0.717) is 10.7 Å². The molecule has 202 valence electrons. The van der Waals surface area contributed by atoms with Crippen LogP contribution in [0.15, 0.2) is 71.9 Å². The molecule has 2 amide bonds. The molecule has 0 saturated carbocycles. The highest BCUT2D eigenvalue weighted by Crippen LogP contribution is 2.34. The smallest absolute Gasteiger partial charge is 0.345 e. The summed E-state index contributed by atoms with van der Waals surface area (Å²) in [4.78, 5) is 25.2. The van der Waals surface area contributed by atoms with Gasteiger partial charge in [-0.05, 0) is 54.6 Å². The van der Waals surface area contributed by atoms with Crippen LogP contribution in [0, 0.1) is 5.82 Å². The van der Waals surface area contributed by atoms with Crippen LogP contribution in [0.25, 0.3) is 5.69 Å². The number of alkyl halides is 3. The molecule has 7 nitrogen and oxygen atoms in total. The van der Waals surface area contributed by atoms with Crippen molar-refractivity contribution in [2.75, 3.05) is 11.1 Å². The number of benzene rings is 3. The third-order valence-corrected chi connectivity index (χ3v) is 6.68. The summed E-state index contributed by atoms with van der Waals surface area (Å²) in [5.74, 6) is -1.78. The van der Waals surface area contributed by atoms with Gasteiger partial charge in [-0.1, -0.05) is 47.1 Å². The zero-order valence-electron chi connectivity index (χ0n) is 19.6. The number of nitrogens with one attached hydrogen (secondary N) is 2. The van der Waals surface area contributed by atoms with Crippen molar-refractivity contribution >= 4 is 52.5 Å². The van der Waals surface area contributed by atoms with Crippen molar-refractivity contribution in [1.29, 1.82) is 0 Å². The van der Waals surface area contributed by atoms with E-state index >= 15 is 0 Å². The predicted molar refractivity (Wildman–Crippen MR) is 140 cm³/mol. The van der Waals surface area contributed by atoms with E-state index in [4.69, 9.17) is 23.2 Å². The van der Waals surface area contributed by atoms with Gasteiger partial charge in [0.2, 0.25) is 5.91 Å². The van der Waals surface area contributed by atoms with Crippen molar-refractivity contribution in [1.82, 2.24) is 20.1 Å². The molecule has 0 bridgehead atoms. The molecule has 1 aromatic heterocycles. The van der Waals surface area contributed by atoms with Crippen LogP contribution in [0.3, 0.4) is 0 Å². The number of hydrogen-bond acceptors (Lipinski definition) is 5. The molecule has 4 rings (SSSR count). The molecule has 0 atom stereocenters. The number of carbonyl (C=O) groups excluding carboxylic acids is 2. The number of aromatic nitrogens is 3. The fourth-order valence-corrected chi connectivity index (χ4v) is 4.71. The van der Waals surface area contributed by atoms with Gasteiger partial charge in [0.25, 0.3) is 5.91 Å². The van der Waals surface area contributed by atoms with Crippen molar-refractivity contribution in [3.63, 3.8) is 0 Å². The van der Waals surface area contributed by atoms with Gasteiger partial charge in [0.1, 0.15) is 5.82 Å². The molecule has 0 unspecified atom stereocenters. The first kappa shape index (κ1) is 28.4. The van der Waals surface area contributed by atoms with Gasteiger partial charge in [0.15, 0.2) is 11.0 Å². The Morgan fingerprint density at radius 3 is 2.38 bits per heavy atom. The highest BCUT2D eigenvalue weighted by atomic mass is 35.5. The van der Waals surface area contributed by atoms with Gasteiger partial charge in [-0.2, -0.15) is 13.2 Å². The third-order valence-electron chi connectivity index (χ3n) is 5.21. The Labute approximate surface area is 233 Å². The molecule has 3 aromatic carbocycles. The summed E-state index contributed by atoms with van der Waals surface area (Å²) in [6.07, 6.45) is -4.64. The molecular formula is C25H17Cl2F4N5O2S. The SMILES string of the molecule is O=C(CSc1nnc(CNC(=O)c2ccc(Cl)cc2Cl)n1-c1ccc(F)cc1)Nc1ccccc1C(F)(F)F. The van der Waals surface area contributed by atoms with Crippen LogP contribution >= 0.6 is 35.0 Å². The van der Waals surface area contributed by atoms with Gasteiger partial charge < -0.3 is 10.6 Å². The van der Waals surface area contributed by atoms with Gasteiger partial charge in [-0.15, -0.1) is 10.2 Å². The number of amides is 2. The maximum Gasteiger partial charge on any atom is 0.418 e. The maximum atomic E-state index is 13.6. The summed E-state index contributed by atoms with van der Waals surface area (Å²) in [5.41, 5.74) is -0.740. The van der Waals surface area contributed by atoms with Crippen LogP contribution in [0.2, 0.25) is 10.0 Å². The largest absolute Gasteiger partial charge is 0.418 e. The van der Waals surface area contributed by atoms with Crippen LogP contribution in [0.1, 0.15) is 21.7 Å². The topological polar surface area (TPSA) is 88.9 Å². The van der Waals surface area contributed by atoms with Crippen LogP contribution in [0.4, 0.5) is 23.2 Å². The zero-order valence-corrected chi connectivity index (χ0v) is 21.9. The minimum atomic E-state index is -4.64. The number of para-hydroxylation sites is 1. The Morgan fingerprint density at radius 2 is 1.69 bits per heavy atom. The molecule has 0 aliphatic heterocycles. The Morgan fingerprint density at radius 1 is 0.974 bits per heavy atom. The lowest BCUT2D eigenvalue weighted by Crippen LogP contribution is -2.25. The second-order valence-electron chi connectivity index (χ2n) is 7.90. The average Bonchev–Trinajstić information content (AvgIpc) is 3.29. The highest BCUT2D eigenvalue weighted by molar-refractivity contribution is 7.99. The minimum Gasteiger partial charge on any atom is -0.345 e. The van der Waals surface area contributed by atoms with Crippen LogP contribution in [-0.4, -0.2) is 32.3 Å². The molecule has 0 aliphatic carbocycles. The van der Waals surface area contributed by atoms with Crippen molar-refractivity contribution in [3.8, 4) is 5.69 Å². The first-order chi connectivity index (χ1) is 18.5. The number of halogens is 6. The molecule has 0 aliphatic rings. The van der Waals surface area contributed by atoms with E-state index in [9.17, 15) is 27.2 Å². The lowest BCUT2D eigenvalue weighted by molar-refractivity contribution is -0.137. The van der Waals surface area contributed by atoms with Gasteiger partial charge in [0, 0.05) is 10.7 Å². The number of thioether (sulfide) groups is 1. The normalized spacial score (nSPS) is 11.3. The van der Waals surface area contributed by atoms with E-state index in [0.717, 1.165) is 23.9 Å². The first-order valence-electron chi connectivity index (χ1n) is 11.1. The molecule has 4 aromatic rings. The number of rotatable bonds is 8. The lowest BCUT2D eigenvalue weighted by atomic mass is 10.1. The maximum absolute atomic E-state index is 13.6. The first-order valence-corrected chi connectivity index (χ1v) is 12.8. The Hall–Kier alpha value is -3.61. The van der Waals surface area contributed by atoms with Crippen LogP contribution in [-0.2, 0) is 17.5 Å². The quantitative estimate of drug-likeness (QED) is 0.181. The van der Waals surface area contributed by atoms with E-state index in [1.165, 1.54) is 59.2 Å². The number of anilines is 1. The van der Waals surface area contributed by atoms with Gasteiger partial charge in [0.05, 0.1) is 34.1 Å². The Bertz CT molecular complexity index is 1510. The van der Waals surface area contributed by atoms with E-state index in [-0.39, 0.29) is 39.6 Å². The van der Waals surface area contributed by atoms with E-state index < -0.39 is 29.4 Å². The summed E-state index contributed by atoms with van der Waals surface area (Å²) in [5, 5.41) is 13.8. The lowest BCUT2D eigenvalue weighted by Gasteiger charge is -2.14. The van der Waals surface area contributed by atoms with Crippen molar-refractivity contribution in [2.24, 2.45) is 0 Å².